The molecule has 11 atom stereocenters. The number of hydrogen-bond donors (Lipinski definition) is 4. The fourth-order valence-electron chi connectivity index (χ4n) is 14.9. The van der Waals surface area contributed by atoms with Crippen molar-refractivity contribution in [2.75, 3.05) is 96.9 Å². The van der Waals surface area contributed by atoms with E-state index in [-0.39, 0.29) is 38.1 Å². The highest BCUT2D eigenvalue weighted by molar-refractivity contribution is 5.99. The third kappa shape index (κ3) is 20.2. The summed E-state index contributed by atoms with van der Waals surface area (Å²) in [5, 5.41) is 20.6. The van der Waals surface area contributed by atoms with Crippen LogP contribution in [0.1, 0.15) is 140 Å². The van der Waals surface area contributed by atoms with E-state index in [0.29, 0.717) is 42.5 Å². The number of aliphatic hydroxyl groups is 1. The molecule has 4 aliphatic heterocycles. The molecule has 8 rings (SSSR count). The van der Waals surface area contributed by atoms with Crippen LogP contribution in [0.3, 0.4) is 0 Å². The summed E-state index contributed by atoms with van der Waals surface area (Å²) in [6.07, 6.45) is -0.172. The van der Waals surface area contributed by atoms with Crippen LogP contribution >= 0.6 is 0 Å². The monoisotopic (exact) mass is 1450 g/mol. The summed E-state index contributed by atoms with van der Waals surface area (Å²) < 4.78 is 6.14. The number of carbonyl (C=O) groups excluding carboxylic acids is 9. The smallest absolute Gasteiger partial charge is 0.332 e. The minimum atomic E-state index is -1.99. The number of piperazine rings is 2. The Balaban J connectivity index is 1.22. The first kappa shape index (κ1) is 82.2. The van der Waals surface area contributed by atoms with Crippen LogP contribution in [0.2, 0.25) is 0 Å². The van der Waals surface area contributed by atoms with Gasteiger partial charge in [0.25, 0.3) is 5.91 Å². The standard InChI is InChI=1S/C82H120N12O11/c1-19-54(9)70-79(101)86(15)56(11)73(95)83-66(46-51(3)4)77(99)89(18)72(82(13,14)104)81(103)105-71(55(10)20-2)80(102)87(16)57(12)74(96)84-67(49-58-24-21-26-62(47-58)60-29-33-64(34-30-60)92-42-38-90(39-43-92)52(5)6)76(98)88(17)69(78(100)94-37-23-28-68(94)75(97)85-70)50-59-25-22-27-63(48-59)61-31-35-65(36-32-61)93-44-40-91(41-45-93)53(7)8/h21-22,24-27,29-36,47-48,51-57,66-72,104H,19-20,23,28,37-46,49-50H2,1-18H3,(H,83,95)(H,84,96)(H,85,97)/t54?,55-,56+,57+,66?,67?,68?,69?,70?,71?,72?/m1/s1. The Bertz CT molecular complexity index is 3660. The first-order valence-corrected chi connectivity index (χ1v) is 38.2. The van der Waals surface area contributed by atoms with Gasteiger partial charge in [0.05, 0.1) is 5.60 Å². The van der Waals surface area contributed by atoms with Gasteiger partial charge in [-0.3, -0.25) is 48.2 Å². The molecule has 8 amide bonds. The molecule has 23 heteroatoms. The first-order chi connectivity index (χ1) is 49.6. The molecule has 4 saturated heterocycles. The summed E-state index contributed by atoms with van der Waals surface area (Å²) >= 11 is 0. The Morgan fingerprint density at radius 1 is 0.495 bits per heavy atom. The zero-order valence-corrected chi connectivity index (χ0v) is 65.7. The molecule has 4 heterocycles. The van der Waals surface area contributed by atoms with E-state index in [0.717, 1.165) is 95.8 Å². The van der Waals surface area contributed by atoms with Crippen molar-refractivity contribution < 1.29 is 53.0 Å². The van der Waals surface area contributed by atoms with Crippen molar-refractivity contribution in [2.24, 2.45) is 17.8 Å². The van der Waals surface area contributed by atoms with Gasteiger partial charge in [-0.05, 0) is 151 Å². The molecule has 4 aromatic carbocycles. The third-order valence-electron chi connectivity index (χ3n) is 22.5. The van der Waals surface area contributed by atoms with E-state index in [9.17, 15) is 24.3 Å². The van der Waals surface area contributed by atoms with Crippen molar-refractivity contribution in [1.29, 1.82) is 0 Å². The van der Waals surface area contributed by atoms with Crippen LogP contribution in [0.4, 0.5) is 11.4 Å². The zero-order chi connectivity index (χ0) is 77.0. The van der Waals surface area contributed by atoms with E-state index in [1.54, 1.807) is 13.8 Å². The average Bonchev–Trinajstić information content (AvgIpc) is 1.77. The van der Waals surface area contributed by atoms with Crippen LogP contribution in [-0.4, -0.2) is 252 Å². The van der Waals surface area contributed by atoms with Crippen molar-refractivity contribution in [3.05, 3.63) is 108 Å². The molecule has 8 unspecified atom stereocenters. The predicted molar refractivity (Wildman–Crippen MR) is 412 cm³/mol. The van der Waals surface area contributed by atoms with Crippen molar-refractivity contribution >= 4 is 64.6 Å². The second-order valence-corrected chi connectivity index (χ2v) is 31.4. The van der Waals surface area contributed by atoms with Gasteiger partial charge < -0.3 is 60.1 Å². The molecule has 4 aromatic rings. The Morgan fingerprint density at radius 2 is 0.952 bits per heavy atom. The van der Waals surface area contributed by atoms with Crippen LogP contribution in [0.5, 0.6) is 0 Å². The number of anilines is 2. The number of nitrogens with one attached hydrogen (secondary N) is 3. The topological polar surface area (TPSA) is 248 Å². The normalized spacial score (nSPS) is 25.0. The molecule has 574 valence electrons. The minimum absolute atomic E-state index is 0.0205. The number of likely N-dealkylation sites (N-methyl/N-ethyl adjacent to an activating group) is 4. The molecule has 0 spiro atoms. The number of esters is 1. The van der Waals surface area contributed by atoms with Crippen LogP contribution in [0, 0.1) is 17.8 Å². The Kier molecular flexibility index (Phi) is 28.4. The van der Waals surface area contributed by atoms with E-state index in [1.165, 1.54) is 70.6 Å². The molecule has 23 nitrogen and oxygen atoms in total. The van der Waals surface area contributed by atoms with E-state index in [1.807, 2.05) is 76.2 Å². The van der Waals surface area contributed by atoms with Crippen molar-refractivity contribution in [3.8, 4) is 22.3 Å². The molecule has 0 saturated carbocycles. The van der Waals surface area contributed by atoms with Crippen LogP contribution < -0.4 is 25.8 Å². The second kappa shape index (κ2) is 36.3. The minimum Gasteiger partial charge on any atom is -0.450 e. The van der Waals surface area contributed by atoms with E-state index in [4.69, 9.17) is 4.74 Å². The molecular formula is C82H120N12O11. The highest BCUT2D eigenvalue weighted by atomic mass is 16.6. The van der Waals surface area contributed by atoms with Gasteiger partial charge in [-0.25, -0.2) is 4.79 Å². The molecule has 0 aromatic heterocycles. The third-order valence-corrected chi connectivity index (χ3v) is 22.5. The highest BCUT2D eigenvalue weighted by Gasteiger charge is 2.47. The molecule has 105 heavy (non-hydrogen) atoms. The Labute approximate surface area is 624 Å². The molecular weight excluding hydrogens is 1330 g/mol. The summed E-state index contributed by atoms with van der Waals surface area (Å²) in [4.78, 5) is 153. The largest absolute Gasteiger partial charge is 0.450 e. The lowest BCUT2D eigenvalue weighted by Crippen LogP contribution is -2.62. The number of benzene rings is 4. The summed E-state index contributed by atoms with van der Waals surface area (Å²) in [7, 11) is 5.66. The summed E-state index contributed by atoms with van der Waals surface area (Å²) in [5.74, 6) is -7.85. The maximum atomic E-state index is 16.1. The van der Waals surface area contributed by atoms with Gasteiger partial charge in [0, 0.05) is 129 Å². The lowest BCUT2D eigenvalue weighted by molar-refractivity contribution is -0.177. The second-order valence-electron chi connectivity index (χ2n) is 31.4. The van der Waals surface area contributed by atoms with Gasteiger partial charge in [0.1, 0.15) is 42.3 Å². The van der Waals surface area contributed by atoms with Crippen molar-refractivity contribution in [3.63, 3.8) is 0 Å². The highest BCUT2D eigenvalue weighted by Crippen LogP contribution is 2.31. The summed E-state index contributed by atoms with van der Waals surface area (Å²) in [6, 6.07) is 22.8. The van der Waals surface area contributed by atoms with Gasteiger partial charge in [-0.15, -0.1) is 0 Å². The number of nitrogens with zero attached hydrogens (tertiary/aromatic N) is 9. The van der Waals surface area contributed by atoms with Crippen molar-refractivity contribution in [1.82, 2.24) is 50.2 Å². The number of hydrogen-bond acceptors (Lipinski definition) is 15. The Morgan fingerprint density at radius 3 is 1.41 bits per heavy atom. The molecule has 0 aliphatic carbocycles. The lowest BCUT2D eigenvalue weighted by atomic mass is 9.94. The maximum absolute atomic E-state index is 16.1. The number of fused-ring (bicyclic) bond motifs is 1. The van der Waals surface area contributed by atoms with E-state index in [2.05, 4.69) is 112 Å². The SMILES string of the molecule is CCC(C)C1NC(=O)C2CCCN2C(=O)C(Cc2cccc(-c3ccc(N4CCN(C(C)C)CC4)cc3)c2)N(C)C(=O)C(Cc2cccc(-c3ccc(N4CCN(C(C)C)CC4)cc3)c2)NC(=O)[C@H](C)N(C)C(=O)C([C@H](C)CC)OC(=O)C(C(C)(C)O)N(C)C(=O)C(CC(C)C)NC(=O)[C@H](C)N(C)C1=O. The quantitative estimate of drug-likeness (QED) is 0.0748. The van der Waals surface area contributed by atoms with Crippen LogP contribution in [0.15, 0.2) is 97.1 Å². The number of cyclic esters (lactones) is 1. The Hall–Kier alpha value is -8.41. The van der Waals surface area contributed by atoms with Gasteiger partial charge in [-0.1, -0.05) is 121 Å². The molecule has 4 fully saturated rings. The maximum Gasteiger partial charge on any atom is 0.332 e. The first-order valence-electron chi connectivity index (χ1n) is 38.2. The number of rotatable bonds is 17. The zero-order valence-electron chi connectivity index (χ0n) is 65.7. The number of amides is 8. The summed E-state index contributed by atoms with van der Waals surface area (Å²) in [5.41, 5.74) is 5.23. The molecule has 4 aliphatic rings. The van der Waals surface area contributed by atoms with E-state index < -0.39 is 125 Å². The van der Waals surface area contributed by atoms with Gasteiger partial charge >= 0.3 is 5.97 Å². The number of ether oxygens (including phenoxy) is 1. The molecule has 0 radical (unpaired) electrons. The van der Waals surface area contributed by atoms with Crippen molar-refractivity contribution in [2.45, 2.75) is 214 Å². The van der Waals surface area contributed by atoms with Crippen LogP contribution in [0.25, 0.3) is 22.3 Å². The average molecular weight is 1450 g/mol. The van der Waals surface area contributed by atoms with Gasteiger partial charge in [0.15, 0.2) is 12.1 Å². The predicted octanol–water partition coefficient (Wildman–Crippen LogP) is 7.49. The lowest BCUT2D eigenvalue weighted by Gasteiger charge is -2.39. The summed E-state index contributed by atoms with van der Waals surface area (Å²) in [6.45, 7) is 33.0. The fourth-order valence-corrected chi connectivity index (χ4v) is 14.9. The molecule has 0 bridgehead atoms. The fraction of sp³-hybridized carbons (Fsp3) is 0.598. The van der Waals surface area contributed by atoms with Crippen LogP contribution in [-0.2, 0) is 60.7 Å². The molecule has 4 N–H and O–H groups in total. The number of carbonyl (C=O) groups is 9. The van der Waals surface area contributed by atoms with E-state index >= 15 is 24.0 Å². The van der Waals surface area contributed by atoms with Gasteiger partial charge in [0.2, 0.25) is 41.4 Å². The van der Waals surface area contributed by atoms with Gasteiger partial charge in [-0.2, -0.15) is 0 Å².